The molecule has 4 N–H and O–H groups in total. The molecule has 0 fully saturated rings. The number of hydrogen-bond acceptors (Lipinski definition) is 5. The van der Waals surface area contributed by atoms with E-state index in [0.717, 1.165) is 27.9 Å². The molecule has 2 aromatic rings. The zero-order chi connectivity index (χ0) is 15.2. The Kier molecular flexibility index (Phi) is 5.72. The number of nitrogens with two attached hydrogens (primary N) is 1. The predicted molar refractivity (Wildman–Crippen MR) is 89.2 cm³/mol. The van der Waals surface area contributed by atoms with Crippen LogP contribution in [0.15, 0.2) is 28.1 Å². The summed E-state index contributed by atoms with van der Waals surface area (Å²) in [6.45, 7) is 2.57. The Bertz CT molecular complexity index is 629. The number of aryl methyl sites for hydroxylation is 1. The first-order chi connectivity index (χ1) is 10.1. The molecule has 0 spiro atoms. The first-order valence-electron chi connectivity index (χ1n) is 6.61. The monoisotopic (exact) mass is 368 g/mol. The lowest BCUT2D eigenvalue weighted by Gasteiger charge is -2.08. The lowest BCUT2D eigenvalue weighted by Crippen LogP contribution is -2.23. The van der Waals surface area contributed by atoms with Crippen LogP contribution in [0.2, 0.25) is 0 Å². The highest BCUT2D eigenvalue weighted by atomic mass is 79.9. The topological polar surface area (TPSA) is 80.0 Å². The van der Waals surface area contributed by atoms with Crippen molar-refractivity contribution in [3.63, 3.8) is 0 Å². The number of amides is 1. The number of halogens is 1. The summed E-state index contributed by atoms with van der Waals surface area (Å²) in [5.41, 5.74) is 3.93. The Morgan fingerprint density at radius 1 is 1.43 bits per heavy atom. The molecule has 0 aliphatic heterocycles. The molecule has 0 radical (unpaired) electrons. The number of nitrogen functional groups attached to an aromatic ring is 1. The molecule has 0 saturated carbocycles. The molecule has 2 aromatic heterocycles. The maximum atomic E-state index is 12.2. The van der Waals surface area contributed by atoms with E-state index in [1.54, 1.807) is 17.4 Å². The number of carbonyl (C=O) groups excluding carboxylic acids is 1. The van der Waals surface area contributed by atoms with Crippen molar-refractivity contribution in [3.05, 3.63) is 44.2 Å². The van der Waals surface area contributed by atoms with Crippen LogP contribution in [-0.2, 0) is 13.0 Å². The lowest BCUT2D eigenvalue weighted by molar-refractivity contribution is 0.0951. The first kappa shape index (κ1) is 15.9. The van der Waals surface area contributed by atoms with E-state index in [1.165, 1.54) is 0 Å². The van der Waals surface area contributed by atoms with Crippen LogP contribution in [0.4, 0.5) is 5.82 Å². The first-order valence-corrected chi connectivity index (χ1v) is 8.28. The number of hydrazine groups is 1. The van der Waals surface area contributed by atoms with Crippen molar-refractivity contribution in [1.29, 1.82) is 0 Å². The standard InChI is InChI=1S/C14H17BrN4OS/c1-2-3-11-4-9(5-13(18-11)19-16)14(20)17-7-12-6-10(15)8-21-12/h4-6,8H,2-3,7,16H2,1H3,(H,17,20)(H,18,19). The van der Waals surface area contributed by atoms with Gasteiger partial charge in [-0.15, -0.1) is 11.3 Å². The van der Waals surface area contributed by atoms with Crippen LogP contribution in [0.3, 0.4) is 0 Å². The number of rotatable bonds is 6. The highest BCUT2D eigenvalue weighted by molar-refractivity contribution is 9.10. The van der Waals surface area contributed by atoms with Crippen LogP contribution >= 0.6 is 27.3 Å². The second-order valence-corrected chi connectivity index (χ2v) is 6.45. The van der Waals surface area contributed by atoms with Crippen LogP contribution in [0, 0.1) is 0 Å². The second kappa shape index (κ2) is 7.53. The predicted octanol–water partition coefficient (Wildman–Crippen LogP) is 3.07. The average molecular weight is 369 g/mol. The number of anilines is 1. The molecule has 2 heterocycles. The van der Waals surface area contributed by atoms with Gasteiger partial charge in [-0.1, -0.05) is 13.3 Å². The molecule has 0 aromatic carbocycles. The molecule has 1 amide bonds. The van der Waals surface area contributed by atoms with Gasteiger partial charge in [0, 0.05) is 26.0 Å². The van der Waals surface area contributed by atoms with Gasteiger partial charge in [0.05, 0.1) is 6.54 Å². The summed E-state index contributed by atoms with van der Waals surface area (Å²) < 4.78 is 1.03. The normalized spacial score (nSPS) is 10.4. The van der Waals surface area contributed by atoms with Gasteiger partial charge in [0.15, 0.2) is 0 Å². The molecule has 7 heteroatoms. The maximum Gasteiger partial charge on any atom is 0.251 e. The van der Waals surface area contributed by atoms with Crippen molar-refractivity contribution in [3.8, 4) is 0 Å². The zero-order valence-corrected chi connectivity index (χ0v) is 14.1. The zero-order valence-electron chi connectivity index (χ0n) is 11.6. The maximum absolute atomic E-state index is 12.2. The molecule has 0 atom stereocenters. The van der Waals surface area contributed by atoms with Crippen molar-refractivity contribution < 1.29 is 4.79 Å². The highest BCUT2D eigenvalue weighted by Crippen LogP contribution is 2.19. The fourth-order valence-electron chi connectivity index (χ4n) is 1.89. The van der Waals surface area contributed by atoms with Gasteiger partial charge in [-0.2, -0.15) is 0 Å². The van der Waals surface area contributed by atoms with E-state index < -0.39 is 0 Å². The van der Waals surface area contributed by atoms with E-state index in [0.29, 0.717) is 17.9 Å². The minimum Gasteiger partial charge on any atom is -0.347 e. The number of hydrogen-bond donors (Lipinski definition) is 3. The van der Waals surface area contributed by atoms with Gasteiger partial charge in [0.2, 0.25) is 0 Å². The van der Waals surface area contributed by atoms with E-state index >= 15 is 0 Å². The molecule has 112 valence electrons. The molecule has 0 bridgehead atoms. The van der Waals surface area contributed by atoms with Crippen LogP contribution in [0.5, 0.6) is 0 Å². The lowest BCUT2D eigenvalue weighted by atomic mass is 10.1. The molecule has 5 nitrogen and oxygen atoms in total. The van der Waals surface area contributed by atoms with Crippen molar-refractivity contribution in [1.82, 2.24) is 10.3 Å². The van der Waals surface area contributed by atoms with Crippen molar-refractivity contribution in [2.75, 3.05) is 5.43 Å². The fraction of sp³-hybridized carbons (Fsp3) is 0.286. The smallest absolute Gasteiger partial charge is 0.251 e. The number of aromatic nitrogens is 1. The second-order valence-electron chi connectivity index (χ2n) is 4.54. The summed E-state index contributed by atoms with van der Waals surface area (Å²) >= 11 is 5.00. The average Bonchev–Trinajstić information content (AvgIpc) is 2.90. The summed E-state index contributed by atoms with van der Waals surface area (Å²) in [5.74, 6) is 5.78. The van der Waals surface area contributed by atoms with Gasteiger partial charge in [0.1, 0.15) is 5.82 Å². The van der Waals surface area contributed by atoms with Crippen molar-refractivity contribution >= 4 is 39.0 Å². The third kappa shape index (κ3) is 4.52. The summed E-state index contributed by atoms with van der Waals surface area (Å²) in [6.07, 6.45) is 1.78. The third-order valence-corrected chi connectivity index (χ3v) is 4.54. The Labute approximate surface area is 136 Å². The number of thiophene rings is 1. The van der Waals surface area contributed by atoms with Gasteiger partial charge in [-0.3, -0.25) is 4.79 Å². The number of carbonyl (C=O) groups is 1. The van der Waals surface area contributed by atoms with E-state index in [9.17, 15) is 4.79 Å². The number of nitrogens with one attached hydrogen (secondary N) is 2. The van der Waals surface area contributed by atoms with E-state index in [4.69, 9.17) is 5.84 Å². The molecule has 0 unspecified atom stereocenters. The molecular formula is C14H17BrN4OS. The van der Waals surface area contributed by atoms with Crippen LogP contribution in [0.25, 0.3) is 0 Å². The molecular weight excluding hydrogens is 352 g/mol. The Balaban J connectivity index is 2.08. The van der Waals surface area contributed by atoms with E-state index in [-0.39, 0.29) is 5.91 Å². The van der Waals surface area contributed by atoms with Gasteiger partial charge in [-0.25, -0.2) is 10.8 Å². The summed E-state index contributed by atoms with van der Waals surface area (Å²) in [5, 5.41) is 4.89. The Morgan fingerprint density at radius 2 is 2.24 bits per heavy atom. The van der Waals surface area contributed by atoms with Crippen LogP contribution in [-0.4, -0.2) is 10.9 Å². The molecule has 0 aliphatic rings. The van der Waals surface area contributed by atoms with Crippen molar-refractivity contribution in [2.24, 2.45) is 5.84 Å². The Morgan fingerprint density at radius 3 is 2.86 bits per heavy atom. The van der Waals surface area contributed by atoms with Gasteiger partial charge < -0.3 is 10.7 Å². The SMILES string of the molecule is CCCc1cc(C(=O)NCc2cc(Br)cs2)cc(NN)n1. The number of pyridine rings is 1. The van der Waals surface area contributed by atoms with Gasteiger partial charge >= 0.3 is 0 Å². The highest BCUT2D eigenvalue weighted by Gasteiger charge is 2.10. The summed E-state index contributed by atoms with van der Waals surface area (Å²) in [6, 6.07) is 5.45. The molecule has 0 aliphatic carbocycles. The van der Waals surface area contributed by atoms with Gasteiger partial charge in [-0.05, 0) is 40.5 Å². The molecule has 0 saturated heterocycles. The summed E-state index contributed by atoms with van der Waals surface area (Å²) in [4.78, 5) is 17.7. The summed E-state index contributed by atoms with van der Waals surface area (Å²) in [7, 11) is 0. The Hall–Kier alpha value is -1.44. The minimum atomic E-state index is -0.129. The van der Waals surface area contributed by atoms with E-state index in [2.05, 4.69) is 38.6 Å². The third-order valence-electron chi connectivity index (χ3n) is 2.84. The minimum absolute atomic E-state index is 0.129. The van der Waals surface area contributed by atoms with Crippen molar-refractivity contribution in [2.45, 2.75) is 26.3 Å². The number of nitrogens with zero attached hydrogens (tertiary/aromatic N) is 1. The van der Waals surface area contributed by atoms with Gasteiger partial charge in [0.25, 0.3) is 5.91 Å². The molecule has 21 heavy (non-hydrogen) atoms. The van der Waals surface area contributed by atoms with Crippen LogP contribution < -0.4 is 16.6 Å². The largest absolute Gasteiger partial charge is 0.347 e. The van der Waals surface area contributed by atoms with Crippen LogP contribution in [0.1, 0.15) is 34.3 Å². The molecule has 2 rings (SSSR count). The quantitative estimate of drug-likeness (QED) is 0.540. The van der Waals surface area contributed by atoms with E-state index in [1.807, 2.05) is 17.5 Å². The fourth-order valence-corrected chi connectivity index (χ4v) is 3.28.